The lowest BCUT2D eigenvalue weighted by Crippen LogP contribution is -2.07. The molecule has 0 spiro atoms. The normalized spacial score (nSPS) is 12.0. The fraction of sp³-hybridized carbons (Fsp3) is 0.217. The molecule has 0 saturated carbocycles. The average Bonchev–Trinajstić information content (AvgIpc) is 2.63. The number of aryl methyl sites for hydroxylation is 3. The number of methoxy groups -OCH3 is 1. The highest BCUT2D eigenvalue weighted by molar-refractivity contribution is 5.54. The second-order valence-corrected chi connectivity index (χ2v) is 6.91. The zero-order valence-electron chi connectivity index (χ0n) is 15.9. The smallest absolute Gasteiger partial charge is 0.160 e. The molecule has 0 heterocycles. The lowest BCUT2D eigenvalue weighted by Gasteiger charge is -2.23. The minimum absolute atomic E-state index is 0.0838. The summed E-state index contributed by atoms with van der Waals surface area (Å²) in [5.74, 6) is 0.860. The Bertz CT molecular complexity index is 992. The van der Waals surface area contributed by atoms with Crippen LogP contribution in [0.4, 0.5) is 0 Å². The number of benzene rings is 3. The standard InChI is InChI=1S/C23H24O4/c1-13-11-21(26)15(3)10-18(13)23(16-5-7-19(24)14(2)9-16)17-6-8-20(25)22(12-17)27-4/h5-12,23-26H,1-4H3. The molecule has 0 radical (unpaired) electrons. The highest BCUT2D eigenvalue weighted by atomic mass is 16.5. The maximum atomic E-state index is 10.1. The summed E-state index contributed by atoms with van der Waals surface area (Å²) < 4.78 is 5.29. The SMILES string of the molecule is COc1cc(C(c2ccc(O)c(C)c2)c2cc(C)c(O)cc2C)ccc1O. The lowest BCUT2D eigenvalue weighted by atomic mass is 9.81. The lowest BCUT2D eigenvalue weighted by molar-refractivity contribution is 0.373. The van der Waals surface area contributed by atoms with Gasteiger partial charge >= 0.3 is 0 Å². The van der Waals surface area contributed by atoms with Gasteiger partial charge in [-0.3, -0.25) is 0 Å². The minimum atomic E-state index is -0.141. The summed E-state index contributed by atoms with van der Waals surface area (Å²) in [6.07, 6.45) is 0. The van der Waals surface area contributed by atoms with Gasteiger partial charge in [-0.05, 0) is 78.4 Å². The zero-order valence-corrected chi connectivity index (χ0v) is 15.9. The molecule has 0 aliphatic carbocycles. The van der Waals surface area contributed by atoms with Gasteiger partial charge in [-0.15, -0.1) is 0 Å². The predicted molar refractivity (Wildman–Crippen MR) is 106 cm³/mol. The first kappa shape index (κ1) is 18.6. The number of ether oxygens (including phenoxy) is 1. The molecule has 3 N–H and O–H groups in total. The maximum Gasteiger partial charge on any atom is 0.160 e. The van der Waals surface area contributed by atoms with Crippen LogP contribution in [0.2, 0.25) is 0 Å². The second kappa shape index (κ2) is 7.23. The number of hydrogen-bond donors (Lipinski definition) is 3. The van der Waals surface area contributed by atoms with Crippen molar-refractivity contribution in [1.82, 2.24) is 0 Å². The van der Waals surface area contributed by atoms with Gasteiger partial charge in [-0.1, -0.05) is 24.3 Å². The minimum Gasteiger partial charge on any atom is -0.508 e. The monoisotopic (exact) mass is 364 g/mol. The number of phenolic OH excluding ortho intramolecular Hbond substituents is 3. The van der Waals surface area contributed by atoms with Gasteiger partial charge in [0, 0.05) is 5.92 Å². The van der Waals surface area contributed by atoms with E-state index in [0.717, 1.165) is 33.4 Å². The molecule has 3 aromatic rings. The van der Waals surface area contributed by atoms with Crippen molar-refractivity contribution in [2.45, 2.75) is 26.7 Å². The van der Waals surface area contributed by atoms with Crippen LogP contribution in [0.3, 0.4) is 0 Å². The Morgan fingerprint density at radius 1 is 0.667 bits per heavy atom. The van der Waals surface area contributed by atoms with E-state index in [0.29, 0.717) is 5.75 Å². The Hall–Kier alpha value is -3.14. The van der Waals surface area contributed by atoms with Crippen molar-refractivity contribution in [3.8, 4) is 23.0 Å². The van der Waals surface area contributed by atoms with Crippen molar-refractivity contribution in [3.05, 3.63) is 81.9 Å². The van der Waals surface area contributed by atoms with Crippen molar-refractivity contribution in [1.29, 1.82) is 0 Å². The number of hydrogen-bond acceptors (Lipinski definition) is 4. The number of rotatable bonds is 4. The van der Waals surface area contributed by atoms with Gasteiger partial charge in [0.1, 0.15) is 11.5 Å². The van der Waals surface area contributed by atoms with Gasteiger partial charge < -0.3 is 20.1 Å². The Balaban J connectivity index is 2.27. The summed E-state index contributed by atoms with van der Waals surface area (Å²) in [5.41, 5.74) is 5.54. The van der Waals surface area contributed by atoms with Crippen molar-refractivity contribution in [2.75, 3.05) is 7.11 Å². The summed E-state index contributed by atoms with van der Waals surface area (Å²) in [4.78, 5) is 0. The third-order valence-electron chi connectivity index (χ3n) is 4.99. The Morgan fingerprint density at radius 2 is 1.26 bits per heavy atom. The zero-order chi connectivity index (χ0) is 19.7. The molecule has 4 nitrogen and oxygen atoms in total. The summed E-state index contributed by atoms with van der Waals surface area (Å²) in [7, 11) is 1.52. The molecular formula is C23H24O4. The van der Waals surface area contributed by atoms with Crippen molar-refractivity contribution < 1.29 is 20.1 Å². The van der Waals surface area contributed by atoms with Gasteiger partial charge in [0.15, 0.2) is 11.5 Å². The molecule has 27 heavy (non-hydrogen) atoms. The first-order valence-corrected chi connectivity index (χ1v) is 8.78. The van der Waals surface area contributed by atoms with Crippen LogP contribution in [0, 0.1) is 20.8 Å². The molecule has 0 aliphatic rings. The van der Waals surface area contributed by atoms with E-state index in [1.54, 1.807) is 18.2 Å². The molecule has 3 aromatic carbocycles. The van der Waals surface area contributed by atoms with Gasteiger partial charge in [0.05, 0.1) is 7.11 Å². The molecule has 1 atom stereocenters. The Morgan fingerprint density at radius 3 is 1.89 bits per heavy atom. The van der Waals surface area contributed by atoms with E-state index in [-0.39, 0.29) is 23.2 Å². The molecule has 0 saturated heterocycles. The fourth-order valence-corrected chi connectivity index (χ4v) is 3.42. The van der Waals surface area contributed by atoms with E-state index in [2.05, 4.69) is 0 Å². The van der Waals surface area contributed by atoms with Crippen LogP contribution in [0.1, 0.15) is 39.3 Å². The highest BCUT2D eigenvalue weighted by Crippen LogP contribution is 2.40. The fourth-order valence-electron chi connectivity index (χ4n) is 3.42. The third-order valence-corrected chi connectivity index (χ3v) is 4.99. The summed E-state index contributed by atoms with van der Waals surface area (Å²) in [6, 6.07) is 14.6. The number of aromatic hydroxyl groups is 3. The summed E-state index contributed by atoms with van der Waals surface area (Å²) in [5, 5.41) is 30.0. The molecule has 140 valence electrons. The van der Waals surface area contributed by atoms with E-state index in [9.17, 15) is 15.3 Å². The van der Waals surface area contributed by atoms with Crippen LogP contribution >= 0.6 is 0 Å². The maximum absolute atomic E-state index is 10.1. The molecule has 0 bridgehead atoms. The molecular weight excluding hydrogens is 340 g/mol. The first-order valence-electron chi connectivity index (χ1n) is 8.78. The van der Waals surface area contributed by atoms with E-state index in [1.807, 2.05) is 51.1 Å². The van der Waals surface area contributed by atoms with Crippen LogP contribution in [-0.2, 0) is 0 Å². The van der Waals surface area contributed by atoms with Gasteiger partial charge in [0.2, 0.25) is 0 Å². The van der Waals surface area contributed by atoms with Crippen molar-refractivity contribution in [3.63, 3.8) is 0 Å². The molecule has 3 rings (SSSR count). The third kappa shape index (κ3) is 3.56. The van der Waals surface area contributed by atoms with Crippen LogP contribution in [-0.4, -0.2) is 22.4 Å². The van der Waals surface area contributed by atoms with E-state index >= 15 is 0 Å². The molecule has 4 heteroatoms. The van der Waals surface area contributed by atoms with Crippen LogP contribution in [0.25, 0.3) is 0 Å². The van der Waals surface area contributed by atoms with Gasteiger partial charge in [-0.2, -0.15) is 0 Å². The van der Waals surface area contributed by atoms with E-state index in [4.69, 9.17) is 4.74 Å². The van der Waals surface area contributed by atoms with Crippen molar-refractivity contribution >= 4 is 0 Å². The Kier molecular flexibility index (Phi) is 5.00. The predicted octanol–water partition coefficient (Wildman–Crippen LogP) is 4.92. The van der Waals surface area contributed by atoms with E-state index in [1.165, 1.54) is 7.11 Å². The second-order valence-electron chi connectivity index (χ2n) is 6.91. The largest absolute Gasteiger partial charge is 0.508 e. The van der Waals surface area contributed by atoms with Crippen LogP contribution in [0.15, 0.2) is 48.5 Å². The van der Waals surface area contributed by atoms with Gasteiger partial charge in [-0.25, -0.2) is 0 Å². The molecule has 0 aliphatic heterocycles. The average molecular weight is 364 g/mol. The number of phenols is 3. The summed E-state index contributed by atoms with van der Waals surface area (Å²) in [6.45, 7) is 5.70. The van der Waals surface area contributed by atoms with Gasteiger partial charge in [0.25, 0.3) is 0 Å². The van der Waals surface area contributed by atoms with Crippen LogP contribution < -0.4 is 4.74 Å². The first-order chi connectivity index (χ1) is 12.8. The highest BCUT2D eigenvalue weighted by Gasteiger charge is 2.22. The van der Waals surface area contributed by atoms with E-state index < -0.39 is 0 Å². The van der Waals surface area contributed by atoms with Crippen molar-refractivity contribution in [2.24, 2.45) is 0 Å². The topological polar surface area (TPSA) is 69.9 Å². The molecule has 1 unspecified atom stereocenters. The summed E-state index contributed by atoms with van der Waals surface area (Å²) >= 11 is 0. The molecule has 0 fully saturated rings. The molecule has 0 amide bonds. The quantitative estimate of drug-likeness (QED) is 0.575. The molecule has 0 aromatic heterocycles. The Labute approximate surface area is 159 Å². The van der Waals surface area contributed by atoms with Crippen LogP contribution in [0.5, 0.6) is 23.0 Å².